The summed E-state index contributed by atoms with van der Waals surface area (Å²) in [6, 6.07) is 3.77. The Bertz CT molecular complexity index is 284. The Labute approximate surface area is 81.2 Å². The Morgan fingerprint density at radius 2 is 2.46 bits per heavy atom. The van der Waals surface area contributed by atoms with Gasteiger partial charge in [-0.2, -0.15) is 0 Å². The number of carboxylic acid groups (broad SMARTS) is 1. The Morgan fingerprint density at radius 3 is 2.85 bits per heavy atom. The maximum absolute atomic E-state index is 10.6. The molecule has 0 bridgehead atoms. The lowest BCUT2D eigenvalue weighted by molar-refractivity contribution is -0.138. The van der Waals surface area contributed by atoms with E-state index in [0.717, 1.165) is 4.88 Å². The smallest absolute Gasteiger partial charge is 0.305 e. The van der Waals surface area contributed by atoms with Crippen LogP contribution in [0, 0.1) is 0 Å². The van der Waals surface area contributed by atoms with Gasteiger partial charge in [-0.05, 0) is 17.9 Å². The van der Waals surface area contributed by atoms with Crippen LogP contribution in [0.2, 0.25) is 0 Å². The van der Waals surface area contributed by atoms with E-state index in [1.54, 1.807) is 0 Å². The first-order valence-corrected chi connectivity index (χ1v) is 5.01. The maximum atomic E-state index is 10.6. The number of hydrogen-bond acceptors (Lipinski definition) is 3. The summed E-state index contributed by atoms with van der Waals surface area (Å²) in [5.74, 6) is -0.849. The van der Waals surface area contributed by atoms with Gasteiger partial charge >= 0.3 is 5.97 Å². The van der Waals surface area contributed by atoms with E-state index in [1.165, 1.54) is 11.3 Å². The first kappa shape index (κ1) is 10.2. The van der Waals surface area contributed by atoms with E-state index in [1.807, 2.05) is 24.4 Å². The molecule has 0 aliphatic rings. The summed E-state index contributed by atoms with van der Waals surface area (Å²) in [7, 11) is 0. The maximum Gasteiger partial charge on any atom is 0.305 e. The lowest BCUT2D eigenvalue weighted by atomic mass is 9.91. The van der Waals surface area contributed by atoms with Gasteiger partial charge in [0.15, 0.2) is 0 Å². The largest absolute Gasteiger partial charge is 0.481 e. The zero-order valence-corrected chi connectivity index (χ0v) is 8.30. The molecule has 13 heavy (non-hydrogen) atoms. The van der Waals surface area contributed by atoms with Crippen molar-refractivity contribution < 1.29 is 9.90 Å². The third-order valence-corrected chi connectivity index (χ3v) is 3.20. The van der Waals surface area contributed by atoms with Gasteiger partial charge in [0.2, 0.25) is 0 Å². The summed E-state index contributed by atoms with van der Waals surface area (Å²) in [6.45, 7) is 1.91. The van der Waals surface area contributed by atoms with Crippen LogP contribution in [0.4, 0.5) is 0 Å². The molecule has 72 valence electrons. The highest BCUT2D eigenvalue weighted by Crippen LogP contribution is 2.29. The molecule has 0 aliphatic carbocycles. The zero-order valence-electron chi connectivity index (χ0n) is 7.49. The van der Waals surface area contributed by atoms with Crippen LogP contribution in [0.5, 0.6) is 0 Å². The normalized spacial score (nSPS) is 15.2. The molecule has 1 atom stereocenters. The van der Waals surface area contributed by atoms with Crippen molar-refractivity contribution in [3.8, 4) is 0 Å². The van der Waals surface area contributed by atoms with Crippen molar-refractivity contribution in [2.45, 2.75) is 25.3 Å². The Balaban J connectivity index is 2.87. The second kappa shape index (κ2) is 3.89. The molecule has 0 radical (unpaired) electrons. The second-order valence-corrected chi connectivity index (χ2v) is 4.01. The third-order valence-electron chi connectivity index (χ3n) is 2.11. The van der Waals surface area contributed by atoms with E-state index in [-0.39, 0.29) is 6.42 Å². The highest BCUT2D eigenvalue weighted by atomic mass is 32.1. The molecule has 0 aliphatic heterocycles. The minimum atomic E-state index is -0.849. The number of hydrogen-bond donors (Lipinski definition) is 2. The van der Waals surface area contributed by atoms with Crippen molar-refractivity contribution in [3.63, 3.8) is 0 Å². The molecular weight excluding hydrogens is 186 g/mol. The lowest BCUT2D eigenvalue weighted by Gasteiger charge is -2.24. The number of aliphatic carboxylic acids is 1. The van der Waals surface area contributed by atoms with E-state index in [2.05, 4.69) is 0 Å². The third kappa shape index (κ3) is 2.29. The van der Waals surface area contributed by atoms with Gasteiger partial charge in [-0.1, -0.05) is 13.0 Å². The Kier molecular flexibility index (Phi) is 3.06. The predicted molar refractivity (Wildman–Crippen MR) is 52.7 cm³/mol. The summed E-state index contributed by atoms with van der Waals surface area (Å²) in [5, 5.41) is 10.6. The van der Waals surface area contributed by atoms with E-state index >= 15 is 0 Å². The van der Waals surface area contributed by atoms with Crippen LogP contribution in [0.15, 0.2) is 17.5 Å². The van der Waals surface area contributed by atoms with Crippen LogP contribution >= 0.6 is 11.3 Å². The van der Waals surface area contributed by atoms with Crippen LogP contribution in [-0.4, -0.2) is 11.1 Å². The first-order valence-electron chi connectivity index (χ1n) is 4.13. The van der Waals surface area contributed by atoms with Crippen LogP contribution in [0.25, 0.3) is 0 Å². The summed E-state index contributed by atoms with van der Waals surface area (Å²) in [4.78, 5) is 11.5. The zero-order chi connectivity index (χ0) is 9.90. The fourth-order valence-corrected chi connectivity index (χ4v) is 2.13. The molecule has 1 heterocycles. The standard InChI is InChI=1S/C9H13NO2S/c1-2-9(10,6-8(11)12)7-4-3-5-13-7/h3-5H,2,6,10H2,1H3,(H,11,12). The minimum Gasteiger partial charge on any atom is -0.481 e. The van der Waals surface area contributed by atoms with Crippen LogP contribution in [0.1, 0.15) is 24.6 Å². The summed E-state index contributed by atoms with van der Waals surface area (Å²) < 4.78 is 0. The van der Waals surface area contributed by atoms with Crippen molar-refractivity contribution in [1.82, 2.24) is 0 Å². The molecule has 0 saturated carbocycles. The number of carboxylic acids is 1. The average molecular weight is 199 g/mol. The summed E-state index contributed by atoms with van der Waals surface area (Å²) >= 11 is 1.51. The van der Waals surface area contributed by atoms with Gasteiger partial charge in [-0.25, -0.2) is 0 Å². The van der Waals surface area contributed by atoms with Gasteiger partial charge in [-0.15, -0.1) is 11.3 Å². The molecule has 0 spiro atoms. The highest BCUT2D eigenvalue weighted by Gasteiger charge is 2.29. The molecule has 3 nitrogen and oxygen atoms in total. The van der Waals surface area contributed by atoms with E-state index in [0.29, 0.717) is 6.42 Å². The van der Waals surface area contributed by atoms with Gasteiger partial charge in [0.1, 0.15) is 0 Å². The van der Waals surface area contributed by atoms with Gasteiger partial charge in [0, 0.05) is 4.88 Å². The van der Waals surface area contributed by atoms with Gasteiger partial charge in [0.05, 0.1) is 12.0 Å². The summed E-state index contributed by atoms with van der Waals surface area (Å²) in [6.07, 6.45) is 0.629. The Morgan fingerprint density at radius 1 is 1.77 bits per heavy atom. The monoisotopic (exact) mass is 199 g/mol. The van der Waals surface area contributed by atoms with Crippen molar-refractivity contribution in [2.24, 2.45) is 5.73 Å². The molecule has 1 aromatic rings. The molecule has 0 saturated heterocycles. The van der Waals surface area contributed by atoms with Gasteiger partial charge < -0.3 is 10.8 Å². The fraction of sp³-hybridized carbons (Fsp3) is 0.444. The SMILES string of the molecule is CCC(N)(CC(=O)O)c1cccs1. The predicted octanol–water partition coefficient (Wildman–Crippen LogP) is 1.79. The van der Waals surface area contributed by atoms with E-state index in [4.69, 9.17) is 10.8 Å². The number of nitrogens with two attached hydrogens (primary N) is 1. The average Bonchev–Trinajstić information content (AvgIpc) is 2.55. The molecule has 0 amide bonds. The van der Waals surface area contributed by atoms with Crippen molar-refractivity contribution in [1.29, 1.82) is 0 Å². The molecule has 1 rings (SSSR count). The molecule has 3 N–H and O–H groups in total. The second-order valence-electron chi connectivity index (χ2n) is 3.06. The van der Waals surface area contributed by atoms with E-state index in [9.17, 15) is 4.79 Å². The summed E-state index contributed by atoms with van der Waals surface area (Å²) in [5.41, 5.74) is 5.30. The quantitative estimate of drug-likeness (QED) is 0.777. The van der Waals surface area contributed by atoms with Crippen molar-refractivity contribution in [3.05, 3.63) is 22.4 Å². The molecule has 0 aromatic carbocycles. The molecule has 0 fully saturated rings. The van der Waals surface area contributed by atoms with Crippen molar-refractivity contribution in [2.75, 3.05) is 0 Å². The highest BCUT2D eigenvalue weighted by molar-refractivity contribution is 7.10. The van der Waals surface area contributed by atoms with Crippen LogP contribution in [-0.2, 0) is 10.3 Å². The first-order chi connectivity index (χ1) is 6.08. The molecule has 4 heteroatoms. The van der Waals surface area contributed by atoms with Crippen LogP contribution < -0.4 is 5.73 Å². The molecule has 1 unspecified atom stereocenters. The number of carbonyl (C=O) groups is 1. The van der Waals surface area contributed by atoms with E-state index < -0.39 is 11.5 Å². The Hall–Kier alpha value is -0.870. The minimum absolute atomic E-state index is 0.00991. The number of rotatable bonds is 4. The molecule has 1 aromatic heterocycles. The fourth-order valence-electron chi connectivity index (χ4n) is 1.22. The van der Waals surface area contributed by atoms with Gasteiger partial charge in [0.25, 0.3) is 0 Å². The van der Waals surface area contributed by atoms with Gasteiger partial charge in [-0.3, -0.25) is 4.79 Å². The van der Waals surface area contributed by atoms with Crippen molar-refractivity contribution >= 4 is 17.3 Å². The topological polar surface area (TPSA) is 63.3 Å². The lowest BCUT2D eigenvalue weighted by Crippen LogP contribution is -2.37. The molecular formula is C9H13NO2S. The van der Waals surface area contributed by atoms with Crippen LogP contribution in [0.3, 0.4) is 0 Å². The number of thiophene rings is 1.